The molecule has 4 rings (SSSR count). The Bertz CT molecular complexity index is 1160. The molecule has 0 atom stereocenters. The van der Waals surface area contributed by atoms with E-state index in [0.717, 1.165) is 16.5 Å². The van der Waals surface area contributed by atoms with E-state index in [1.807, 2.05) is 36.2 Å². The van der Waals surface area contributed by atoms with E-state index in [2.05, 4.69) is 15.0 Å². The zero-order valence-corrected chi connectivity index (χ0v) is 14.2. The van der Waals surface area contributed by atoms with Crippen molar-refractivity contribution in [3.05, 3.63) is 82.3 Å². The molecule has 2 heterocycles. The lowest BCUT2D eigenvalue weighted by atomic mass is 10.1. The summed E-state index contributed by atoms with van der Waals surface area (Å²) in [7, 11) is 1.90. The Kier molecular flexibility index (Phi) is 4.18. The van der Waals surface area contributed by atoms with Crippen molar-refractivity contribution in [3.63, 3.8) is 0 Å². The van der Waals surface area contributed by atoms with Crippen molar-refractivity contribution in [1.82, 2.24) is 19.9 Å². The Labute approximate surface area is 149 Å². The number of aromatic amines is 1. The van der Waals surface area contributed by atoms with Crippen LogP contribution in [0.3, 0.4) is 0 Å². The second-order valence-electron chi connectivity index (χ2n) is 6.34. The van der Waals surface area contributed by atoms with Gasteiger partial charge in [-0.25, -0.2) is 9.37 Å². The van der Waals surface area contributed by atoms with Crippen LogP contribution in [0.1, 0.15) is 11.4 Å². The first-order chi connectivity index (χ1) is 12.6. The summed E-state index contributed by atoms with van der Waals surface area (Å²) >= 11 is 0. The van der Waals surface area contributed by atoms with E-state index in [1.54, 1.807) is 18.3 Å². The molecule has 6 heteroatoms. The van der Waals surface area contributed by atoms with Crippen LogP contribution in [0.2, 0.25) is 0 Å². The third-order valence-corrected chi connectivity index (χ3v) is 4.27. The number of pyridine rings is 1. The Balaban J connectivity index is 1.62. The normalized spacial score (nSPS) is 11.5. The minimum atomic E-state index is -0.286. The second-order valence-corrected chi connectivity index (χ2v) is 6.34. The molecule has 0 fully saturated rings. The molecule has 0 aliphatic rings. The highest BCUT2D eigenvalue weighted by Crippen LogP contribution is 2.20. The number of rotatable bonds is 4. The Hall–Kier alpha value is -3.12. The summed E-state index contributed by atoms with van der Waals surface area (Å²) in [6, 6.07) is 13.9. The summed E-state index contributed by atoms with van der Waals surface area (Å²) in [5.41, 5.74) is 2.08. The number of para-hydroxylation sites is 1. The van der Waals surface area contributed by atoms with Gasteiger partial charge >= 0.3 is 0 Å². The maximum Gasteiger partial charge on any atom is 0.258 e. The molecule has 0 spiro atoms. The number of hydrogen-bond donors (Lipinski definition) is 1. The number of halogens is 1. The van der Waals surface area contributed by atoms with Crippen molar-refractivity contribution >= 4 is 21.8 Å². The van der Waals surface area contributed by atoms with Gasteiger partial charge in [0.25, 0.3) is 5.56 Å². The molecule has 2 aromatic heterocycles. The van der Waals surface area contributed by atoms with Crippen molar-refractivity contribution in [2.24, 2.45) is 0 Å². The SMILES string of the molecule is CN(Cc1nc2ccccc2c(=O)[nH]1)Cc1cc(F)cc2cccnc12. The van der Waals surface area contributed by atoms with Crippen LogP contribution in [0.25, 0.3) is 21.8 Å². The van der Waals surface area contributed by atoms with Gasteiger partial charge in [-0.1, -0.05) is 18.2 Å². The summed E-state index contributed by atoms with van der Waals surface area (Å²) in [5, 5.41) is 1.34. The van der Waals surface area contributed by atoms with Gasteiger partial charge in [-0.3, -0.25) is 14.7 Å². The largest absolute Gasteiger partial charge is 0.309 e. The molecule has 0 bridgehead atoms. The predicted molar refractivity (Wildman–Crippen MR) is 99.2 cm³/mol. The Morgan fingerprint density at radius 1 is 1.12 bits per heavy atom. The molecule has 4 aromatic rings. The highest BCUT2D eigenvalue weighted by Gasteiger charge is 2.10. The first-order valence-corrected chi connectivity index (χ1v) is 8.30. The topological polar surface area (TPSA) is 61.9 Å². The van der Waals surface area contributed by atoms with Gasteiger partial charge in [0.05, 0.1) is 23.0 Å². The first kappa shape index (κ1) is 16.4. The summed E-state index contributed by atoms with van der Waals surface area (Å²) in [4.78, 5) is 25.9. The summed E-state index contributed by atoms with van der Waals surface area (Å²) in [5.74, 6) is 0.288. The minimum Gasteiger partial charge on any atom is -0.309 e. The van der Waals surface area contributed by atoms with Gasteiger partial charge in [-0.15, -0.1) is 0 Å². The summed E-state index contributed by atoms with van der Waals surface area (Å²) < 4.78 is 13.9. The molecule has 2 aromatic carbocycles. The molecule has 0 unspecified atom stereocenters. The van der Waals surface area contributed by atoms with Crippen molar-refractivity contribution in [1.29, 1.82) is 0 Å². The van der Waals surface area contributed by atoms with Gasteiger partial charge < -0.3 is 4.98 Å². The quantitative estimate of drug-likeness (QED) is 0.615. The predicted octanol–water partition coefficient (Wildman–Crippen LogP) is 3.24. The number of fused-ring (bicyclic) bond motifs is 2. The monoisotopic (exact) mass is 348 g/mol. The zero-order valence-electron chi connectivity index (χ0n) is 14.2. The molecular weight excluding hydrogens is 331 g/mol. The van der Waals surface area contributed by atoms with Gasteiger partial charge in [0.1, 0.15) is 11.6 Å². The molecule has 0 aliphatic heterocycles. The maximum absolute atomic E-state index is 13.9. The lowest BCUT2D eigenvalue weighted by Crippen LogP contribution is -2.22. The smallest absolute Gasteiger partial charge is 0.258 e. The van der Waals surface area contributed by atoms with Crippen molar-refractivity contribution in [2.75, 3.05) is 7.05 Å². The van der Waals surface area contributed by atoms with E-state index >= 15 is 0 Å². The molecule has 0 saturated carbocycles. The van der Waals surface area contributed by atoms with Gasteiger partial charge in [0.2, 0.25) is 0 Å². The lowest BCUT2D eigenvalue weighted by Gasteiger charge is -2.17. The molecule has 130 valence electrons. The third kappa shape index (κ3) is 3.19. The maximum atomic E-state index is 13.9. The van der Waals surface area contributed by atoms with Gasteiger partial charge in [-0.05, 0) is 42.9 Å². The molecule has 0 saturated heterocycles. The fraction of sp³-hybridized carbons (Fsp3) is 0.150. The molecule has 0 radical (unpaired) electrons. The fourth-order valence-corrected chi connectivity index (χ4v) is 3.16. The average molecular weight is 348 g/mol. The van der Waals surface area contributed by atoms with E-state index < -0.39 is 0 Å². The van der Waals surface area contributed by atoms with Crippen LogP contribution in [0.15, 0.2) is 59.5 Å². The zero-order chi connectivity index (χ0) is 18.1. The van der Waals surface area contributed by atoms with Gasteiger partial charge in [0.15, 0.2) is 0 Å². The van der Waals surface area contributed by atoms with Crippen molar-refractivity contribution in [2.45, 2.75) is 13.1 Å². The van der Waals surface area contributed by atoms with E-state index in [9.17, 15) is 9.18 Å². The number of hydrogen-bond acceptors (Lipinski definition) is 4. The molecular formula is C20H17FN4O. The summed E-state index contributed by atoms with van der Waals surface area (Å²) in [6.45, 7) is 0.923. The fourth-order valence-electron chi connectivity index (χ4n) is 3.16. The van der Waals surface area contributed by atoms with Crippen molar-refractivity contribution < 1.29 is 4.39 Å². The molecule has 5 nitrogen and oxygen atoms in total. The average Bonchev–Trinajstić information content (AvgIpc) is 2.61. The molecule has 1 N–H and O–H groups in total. The highest BCUT2D eigenvalue weighted by molar-refractivity contribution is 5.81. The second kappa shape index (κ2) is 6.65. The van der Waals surface area contributed by atoms with E-state index in [1.165, 1.54) is 12.1 Å². The Morgan fingerprint density at radius 2 is 1.96 bits per heavy atom. The van der Waals surface area contributed by atoms with Crippen LogP contribution >= 0.6 is 0 Å². The highest BCUT2D eigenvalue weighted by atomic mass is 19.1. The van der Waals surface area contributed by atoms with Gasteiger partial charge in [-0.2, -0.15) is 0 Å². The van der Waals surface area contributed by atoms with Gasteiger partial charge in [0, 0.05) is 18.1 Å². The number of H-pyrrole nitrogens is 1. The number of nitrogens with one attached hydrogen (secondary N) is 1. The van der Waals surface area contributed by atoms with Crippen molar-refractivity contribution in [3.8, 4) is 0 Å². The van der Waals surface area contributed by atoms with E-state index in [4.69, 9.17) is 0 Å². The van der Waals surface area contributed by atoms with Crippen LogP contribution in [0.5, 0.6) is 0 Å². The molecule has 26 heavy (non-hydrogen) atoms. The molecule has 0 aliphatic carbocycles. The lowest BCUT2D eigenvalue weighted by molar-refractivity contribution is 0.311. The van der Waals surface area contributed by atoms with E-state index in [-0.39, 0.29) is 11.4 Å². The number of nitrogens with zero attached hydrogens (tertiary/aromatic N) is 3. The standard InChI is InChI=1S/C20H17FN4O/c1-25(11-14-10-15(21)9-13-5-4-8-22-19(13)14)12-18-23-17-7-3-2-6-16(17)20(26)24-18/h2-10H,11-12H2,1H3,(H,23,24,26). The number of aromatic nitrogens is 3. The number of benzene rings is 2. The van der Waals surface area contributed by atoms with Crippen LogP contribution in [0.4, 0.5) is 4.39 Å². The Morgan fingerprint density at radius 3 is 2.85 bits per heavy atom. The minimum absolute atomic E-state index is 0.156. The van der Waals surface area contributed by atoms with E-state index in [0.29, 0.717) is 29.8 Å². The summed E-state index contributed by atoms with van der Waals surface area (Å²) in [6.07, 6.45) is 1.70. The van der Waals surface area contributed by atoms with Crippen LogP contribution < -0.4 is 5.56 Å². The van der Waals surface area contributed by atoms with Crippen LogP contribution in [-0.2, 0) is 13.1 Å². The van der Waals surface area contributed by atoms with Crippen LogP contribution in [0, 0.1) is 5.82 Å². The van der Waals surface area contributed by atoms with Crippen LogP contribution in [-0.4, -0.2) is 26.9 Å². The third-order valence-electron chi connectivity index (χ3n) is 4.27. The first-order valence-electron chi connectivity index (χ1n) is 8.30. The molecule has 0 amide bonds.